The van der Waals surface area contributed by atoms with E-state index in [1.165, 1.54) is 6.20 Å². The molecule has 2 aromatic heterocycles. The number of fused-ring (bicyclic) bond motifs is 1. The summed E-state index contributed by atoms with van der Waals surface area (Å²) in [6.07, 6.45) is 2.27. The Morgan fingerprint density at radius 1 is 1.54 bits per heavy atom. The molecule has 2 aromatic rings. The maximum absolute atomic E-state index is 9.39. The SMILES string of the molecule is CCc1nc2ncc(O)c(C)c2[nH]1. The average molecular weight is 177 g/mol. The summed E-state index contributed by atoms with van der Waals surface area (Å²) in [5, 5.41) is 9.39. The van der Waals surface area contributed by atoms with Gasteiger partial charge in [-0.1, -0.05) is 6.92 Å². The molecule has 0 fully saturated rings. The minimum atomic E-state index is 0.207. The molecule has 0 unspecified atom stereocenters. The van der Waals surface area contributed by atoms with Gasteiger partial charge in [-0.3, -0.25) is 0 Å². The number of hydrogen-bond donors (Lipinski definition) is 2. The Bertz CT molecular complexity index is 447. The van der Waals surface area contributed by atoms with Gasteiger partial charge >= 0.3 is 0 Å². The second kappa shape index (κ2) is 2.73. The van der Waals surface area contributed by atoms with Gasteiger partial charge in [0.25, 0.3) is 0 Å². The number of imidazole rings is 1. The minimum absolute atomic E-state index is 0.207. The molecule has 0 aliphatic heterocycles. The lowest BCUT2D eigenvalue weighted by Crippen LogP contribution is -1.81. The Morgan fingerprint density at radius 3 is 3.00 bits per heavy atom. The molecule has 4 nitrogen and oxygen atoms in total. The molecule has 13 heavy (non-hydrogen) atoms. The van der Waals surface area contributed by atoms with Gasteiger partial charge in [0.05, 0.1) is 11.7 Å². The largest absolute Gasteiger partial charge is 0.506 e. The van der Waals surface area contributed by atoms with E-state index in [4.69, 9.17) is 0 Å². The minimum Gasteiger partial charge on any atom is -0.506 e. The molecule has 0 amide bonds. The van der Waals surface area contributed by atoms with E-state index in [-0.39, 0.29) is 5.75 Å². The Morgan fingerprint density at radius 2 is 2.31 bits per heavy atom. The molecular formula is C9H11N3O. The number of hydrogen-bond acceptors (Lipinski definition) is 3. The third-order valence-corrected chi connectivity index (χ3v) is 2.14. The quantitative estimate of drug-likeness (QED) is 0.694. The van der Waals surface area contributed by atoms with Crippen LogP contribution >= 0.6 is 0 Å². The normalized spacial score (nSPS) is 10.9. The fourth-order valence-corrected chi connectivity index (χ4v) is 1.28. The number of nitrogens with zero attached hydrogens (tertiary/aromatic N) is 2. The molecule has 0 saturated heterocycles. The lowest BCUT2D eigenvalue weighted by molar-refractivity contribution is 0.469. The predicted molar refractivity (Wildman–Crippen MR) is 49.7 cm³/mol. The van der Waals surface area contributed by atoms with Gasteiger partial charge in [-0.15, -0.1) is 0 Å². The molecule has 0 bridgehead atoms. The molecular weight excluding hydrogens is 166 g/mol. The second-order valence-corrected chi connectivity index (χ2v) is 3.00. The first kappa shape index (κ1) is 8.04. The van der Waals surface area contributed by atoms with Crippen molar-refractivity contribution < 1.29 is 5.11 Å². The first-order chi connectivity index (χ1) is 6.22. The summed E-state index contributed by atoms with van der Waals surface area (Å²) in [4.78, 5) is 11.4. The third kappa shape index (κ3) is 1.14. The van der Waals surface area contributed by atoms with Gasteiger partial charge in [-0.05, 0) is 6.92 Å². The van der Waals surface area contributed by atoms with Gasteiger partial charge in [-0.2, -0.15) is 0 Å². The van der Waals surface area contributed by atoms with E-state index in [2.05, 4.69) is 15.0 Å². The lowest BCUT2D eigenvalue weighted by Gasteiger charge is -1.96. The zero-order valence-corrected chi connectivity index (χ0v) is 7.63. The van der Waals surface area contributed by atoms with Crippen LogP contribution in [0.2, 0.25) is 0 Å². The van der Waals surface area contributed by atoms with Crippen LogP contribution in [-0.4, -0.2) is 20.1 Å². The highest BCUT2D eigenvalue weighted by Gasteiger charge is 2.07. The number of aryl methyl sites for hydroxylation is 2. The molecule has 0 aromatic carbocycles. The lowest BCUT2D eigenvalue weighted by atomic mass is 10.2. The molecule has 68 valence electrons. The molecule has 2 N–H and O–H groups in total. The fraction of sp³-hybridized carbons (Fsp3) is 0.333. The molecule has 2 rings (SSSR count). The van der Waals surface area contributed by atoms with Crippen LogP contribution in [0.1, 0.15) is 18.3 Å². The highest BCUT2D eigenvalue weighted by Crippen LogP contribution is 2.21. The van der Waals surface area contributed by atoms with Crippen molar-refractivity contribution in [1.29, 1.82) is 0 Å². The molecule has 4 heteroatoms. The molecule has 2 heterocycles. The van der Waals surface area contributed by atoms with Crippen molar-refractivity contribution in [1.82, 2.24) is 15.0 Å². The molecule has 0 aliphatic rings. The summed E-state index contributed by atoms with van der Waals surface area (Å²) >= 11 is 0. The average Bonchev–Trinajstić information content (AvgIpc) is 2.55. The number of rotatable bonds is 1. The number of pyridine rings is 1. The Hall–Kier alpha value is -1.58. The molecule has 0 aliphatic carbocycles. The van der Waals surface area contributed by atoms with Gasteiger partial charge in [0, 0.05) is 12.0 Å². The van der Waals surface area contributed by atoms with Crippen molar-refractivity contribution in [3.05, 3.63) is 17.6 Å². The van der Waals surface area contributed by atoms with Crippen LogP contribution in [0.5, 0.6) is 5.75 Å². The van der Waals surface area contributed by atoms with Crippen LogP contribution in [0.15, 0.2) is 6.20 Å². The summed E-state index contributed by atoms with van der Waals surface area (Å²) in [6.45, 7) is 3.86. The highest BCUT2D eigenvalue weighted by molar-refractivity contribution is 5.76. The van der Waals surface area contributed by atoms with Gasteiger partial charge in [0.15, 0.2) is 5.65 Å². The van der Waals surface area contributed by atoms with Crippen LogP contribution in [0.3, 0.4) is 0 Å². The van der Waals surface area contributed by atoms with Crippen molar-refractivity contribution >= 4 is 11.2 Å². The van der Waals surface area contributed by atoms with Crippen molar-refractivity contribution in [3.63, 3.8) is 0 Å². The van der Waals surface area contributed by atoms with Gasteiger partial charge in [0.1, 0.15) is 11.6 Å². The van der Waals surface area contributed by atoms with E-state index in [9.17, 15) is 5.11 Å². The van der Waals surface area contributed by atoms with Crippen molar-refractivity contribution in [2.24, 2.45) is 0 Å². The first-order valence-corrected chi connectivity index (χ1v) is 4.25. The zero-order chi connectivity index (χ0) is 9.42. The van der Waals surface area contributed by atoms with Crippen molar-refractivity contribution in [2.45, 2.75) is 20.3 Å². The number of aromatic nitrogens is 3. The summed E-state index contributed by atoms with van der Waals surface area (Å²) < 4.78 is 0. The van der Waals surface area contributed by atoms with Crippen LogP contribution in [0, 0.1) is 6.92 Å². The molecule has 0 radical (unpaired) electrons. The van der Waals surface area contributed by atoms with Crippen LogP contribution in [0.4, 0.5) is 0 Å². The topological polar surface area (TPSA) is 61.8 Å². The number of aromatic amines is 1. The van der Waals surface area contributed by atoms with Gasteiger partial charge in [0.2, 0.25) is 0 Å². The standard InChI is InChI=1S/C9H11N3O/c1-3-7-11-8-5(2)6(13)4-10-9(8)12-7/h4,13H,3H2,1-2H3,(H,10,11,12). The predicted octanol–water partition coefficient (Wildman–Crippen LogP) is 1.53. The number of aromatic hydroxyl groups is 1. The monoisotopic (exact) mass is 177 g/mol. The summed E-state index contributed by atoms with van der Waals surface area (Å²) in [5.41, 5.74) is 2.31. The third-order valence-electron chi connectivity index (χ3n) is 2.14. The van der Waals surface area contributed by atoms with E-state index in [1.54, 1.807) is 0 Å². The molecule has 0 saturated carbocycles. The van der Waals surface area contributed by atoms with Crippen molar-refractivity contribution in [3.8, 4) is 5.75 Å². The Labute approximate surface area is 75.7 Å². The number of nitrogens with one attached hydrogen (secondary N) is 1. The first-order valence-electron chi connectivity index (χ1n) is 4.25. The van der Waals surface area contributed by atoms with Crippen molar-refractivity contribution in [2.75, 3.05) is 0 Å². The van der Waals surface area contributed by atoms with E-state index >= 15 is 0 Å². The van der Waals surface area contributed by atoms with Gasteiger partial charge in [-0.25, -0.2) is 9.97 Å². The Balaban J connectivity index is 2.76. The smallest absolute Gasteiger partial charge is 0.178 e. The van der Waals surface area contributed by atoms with Gasteiger partial charge < -0.3 is 10.1 Å². The van der Waals surface area contributed by atoms with E-state index in [0.29, 0.717) is 5.65 Å². The maximum atomic E-state index is 9.39. The van der Waals surface area contributed by atoms with E-state index < -0.39 is 0 Å². The van der Waals surface area contributed by atoms with Crippen LogP contribution in [-0.2, 0) is 6.42 Å². The number of H-pyrrole nitrogens is 1. The zero-order valence-electron chi connectivity index (χ0n) is 7.63. The van der Waals surface area contributed by atoms with E-state index in [0.717, 1.165) is 23.3 Å². The summed E-state index contributed by atoms with van der Waals surface area (Å²) in [7, 11) is 0. The molecule has 0 spiro atoms. The maximum Gasteiger partial charge on any atom is 0.178 e. The van der Waals surface area contributed by atoms with Crippen LogP contribution < -0.4 is 0 Å². The second-order valence-electron chi connectivity index (χ2n) is 3.00. The molecule has 0 atom stereocenters. The van der Waals surface area contributed by atoms with E-state index in [1.807, 2.05) is 13.8 Å². The fourth-order valence-electron chi connectivity index (χ4n) is 1.28. The van der Waals surface area contributed by atoms with Crippen LogP contribution in [0.25, 0.3) is 11.2 Å². The summed E-state index contributed by atoms with van der Waals surface area (Å²) in [6, 6.07) is 0. The highest BCUT2D eigenvalue weighted by atomic mass is 16.3. The summed E-state index contributed by atoms with van der Waals surface area (Å²) in [5.74, 6) is 1.11. The Kier molecular flexibility index (Phi) is 1.69.